The van der Waals surface area contributed by atoms with Crippen LogP contribution in [0.5, 0.6) is 5.75 Å². The van der Waals surface area contributed by atoms with Gasteiger partial charge in [0.2, 0.25) is 11.8 Å². The number of benzene rings is 3. The van der Waals surface area contributed by atoms with Crippen LogP contribution < -0.4 is 10.1 Å². The summed E-state index contributed by atoms with van der Waals surface area (Å²) in [5, 5.41) is 3.97. The molecule has 2 amide bonds. The summed E-state index contributed by atoms with van der Waals surface area (Å²) in [7, 11) is 1.63. The van der Waals surface area contributed by atoms with E-state index in [1.807, 2.05) is 75.4 Å². The molecule has 0 spiro atoms. The Morgan fingerprint density at radius 1 is 0.921 bits per heavy atom. The van der Waals surface area contributed by atoms with Gasteiger partial charge in [0.1, 0.15) is 11.8 Å². The lowest BCUT2D eigenvalue weighted by molar-refractivity contribution is -0.140. The molecular formula is C30H34Cl2N2O3S. The van der Waals surface area contributed by atoms with Gasteiger partial charge in [-0.2, -0.15) is 0 Å². The number of ether oxygens (including phenoxy) is 1. The summed E-state index contributed by atoms with van der Waals surface area (Å²) in [6.45, 7) is 5.89. The van der Waals surface area contributed by atoms with Crippen LogP contribution in [0, 0.1) is 0 Å². The zero-order chi connectivity index (χ0) is 27.7. The quantitative estimate of drug-likeness (QED) is 0.275. The van der Waals surface area contributed by atoms with Crippen LogP contribution in [0.4, 0.5) is 0 Å². The number of hydrogen-bond donors (Lipinski definition) is 1. The maximum absolute atomic E-state index is 13.8. The number of nitrogens with zero attached hydrogens (tertiary/aromatic N) is 1. The molecule has 0 saturated heterocycles. The van der Waals surface area contributed by atoms with Crippen LogP contribution in [-0.4, -0.2) is 41.2 Å². The molecule has 0 aliphatic carbocycles. The smallest absolute Gasteiger partial charge is 0.243 e. The van der Waals surface area contributed by atoms with Gasteiger partial charge in [0, 0.05) is 39.9 Å². The van der Waals surface area contributed by atoms with Crippen molar-refractivity contribution >= 4 is 46.8 Å². The van der Waals surface area contributed by atoms with Gasteiger partial charge in [-0.3, -0.25) is 9.59 Å². The Bertz CT molecular complexity index is 1190. The summed E-state index contributed by atoms with van der Waals surface area (Å²) in [6.07, 6.45) is 0.361. The summed E-state index contributed by atoms with van der Waals surface area (Å²) >= 11 is 14.5. The number of thioether (sulfide) groups is 1. The van der Waals surface area contributed by atoms with Gasteiger partial charge in [0.15, 0.2) is 0 Å². The third-order valence-corrected chi connectivity index (χ3v) is 7.51. The lowest BCUT2D eigenvalue weighted by atomic mass is 10.0. The zero-order valence-corrected chi connectivity index (χ0v) is 24.5. The van der Waals surface area contributed by atoms with Crippen LogP contribution in [0.25, 0.3) is 0 Å². The fraction of sp³-hybridized carbons (Fsp3) is 0.333. The molecule has 0 aliphatic heterocycles. The molecule has 5 nitrogen and oxygen atoms in total. The van der Waals surface area contributed by atoms with Crippen molar-refractivity contribution in [3.63, 3.8) is 0 Å². The molecule has 0 saturated carbocycles. The van der Waals surface area contributed by atoms with Crippen molar-refractivity contribution < 1.29 is 14.3 Å². The molecular weight excluding hydrogens is 539 g/mol. The first-order valence-corrected chi connectivity index (χ1v) is 14.3. The van der Waals surface area contributed by atoms with Crippen LogP contribution in [0.15, 0.2) is 72.8 Å². The largest absolute Gasteiger partial charge is 0.497 e. The number of halogens is 2. The highest BCUT2D eigenvalue weighted by molar-refractivity contribution is 7.99. The SMILES string of the molecule is COc1ccc(CSCC(=O)N(Cc2c(Cl)cccc2Cl)[C@H](Cc2ccccc2)C(=O)NC(C)(C)C)cc1. The highest BCUT2D eigenvalue weighted by Crippen LogP contribution is 2.28. The van der Waals surface area contributed by atoms with Crippen molar-refractivity contribution in [1.82, 2.24) is 10.2 Å². The Labute approximate surface area is 239 Å². The maximum Gasteiger partial charge on any atom is 0.243 e. The molecule has 3 rings (SSSR count). The molecule has 0 unspecified atom stereocenters. The Morgan fingerprint density at radius 2 is 1.55 bits per heavy atom. The number of rotatable bonds is 11. The third kappa shape index (κ3) is 8.97. The fourth-order valence-electron chi connectivity index (χ4n) is 3.92. The summed E-state index contributed by atoms with van der Waals surface area (Å²) < 4.78 is 5.22. The summed E-state index contributed by atoms with van der Waals surface area (Å²) in [5.74, 6) is 1.24. The fourth-order valence-corrected chi connectivity index (χ4v) is 5.31. The first-order valence-electron chi connectivity index (χ1n) is 12.4. The molecule has 0 aliphatic rings. The molecule has 3 aromatic rings. The lowest BCUT2D eigenvalue weighted by Gasteiger charge is -2.34. The minimum atomic E-state index is -0.752. The number of methoxy groups -OCH3 is 1. The standard InChI is InChI=1S/C30H34Cl2N2O3S/c1-30(2,3)33-29(36)27(17-21-9-6-5-7-10-21)34(18-24-25(31)11-8-12-26(24)32)28(35)20-38-19-22-13-15-23(37-4)16-14-22/h5-16,27H,17-20H2,1-4H3,(H,33,36)/t27-/m1/s1. The molecule has 202 valence electrons. The van der Waals surface area contributed by atoms with E-state index in [2.05, 4.69) is 5.32 Å². The Kier molecular flexibility index (Phi) is 11.0. The van der Waals surface area contributed by atoms with Gasteiger partial charge >= 0.3 is 0 Å². The van der Waals surface area contributed by atoms with E-state index < -0.39 is 11.6 Å². The summed E-state index contributed by atoms with van der Waals surface area (Å²) in [6, 6.07) is 21.9. The summed E-state index contributed by atoms with van der Waals surface area (Å²) in [4.78, 5) is 29.0. The maximum atomic E-state index is 13.8. The van der Waals surface area contributed by atoms with E-state index in [-0.39, 0.29) is 24.1 Å². The van der Waals surface area contributed by atoms with Gasteiger partial charge in [-0.05, 0) is 56.2 Å². The molecule has 0 radical (unpaired) electrons. The van der Waals surface area contributed by atoms with Gasteiger partial charge < -0.3 is 15.0 Å². The Balaban J connectivity index is 1.89. The van der Waals surface area contributed by atoms with Gasteiger partial charge in [0.05, 0.1) is 12.9 Å². The number of carbonyl (C=O) groups excluding carboxylic acids is 2. The average Bonchev–Trinajstić information content (AvgIpc) is 2.87. The first-order chi connectivity index (χ1) is 18.1. The van der Waals surface area contributed by atoms with E-state index in [9.17, 15) is 9.59 Å². The highest BCUT2D eigenvalue weighted by atomic mass is 35.5. The normalized spacial score (nSPS) is 12.1. The average molecular weight is 574 g/mol. The van der Waals surface area contributed by atoms with Gasteiger partial charge in [-0.25, -0.2) is 0 Å². The van der Waals surface area contributed by atoms with Crippen LogP contribution in [0.1, 0.15) is 37.5 Å². The van der Waals surface area contributed by atoms with E-state index in [1.54, 1.807) is 30.2 Å². The predicted molar refractivity (Wildman–Crippen MR) is 158 cm³/mol. The number of amides is 2. The van der Waals surface area contributed by atoms with Crippen molar-refractivity contribution in [1.29, 1.82) is 0 Å². The van der Waals surface area contributed by atoms with Gasteiger partial charge in [-0.1, -0.05) is 71.7 Å². The minimum absolute atomic E-state index is 0.121. The molecule has 0 bridgehead atoms. The number of hydrogen-bond acceptors (Lipinski definition) is 4. The molecule has 0 heterocycles. The van der Waals surface area contributed by atoms with Crippen LogP contribution >= 0.6 is 35.0 Å². The van der Waals surface area contributed by atoms with E-state index in [1.165, 1.54) is 11.8 Å². The second-order valence-electron chi connectivity index (χ2n) is 10.0. The van der Waals surface area contributed by atoms with E-state index >= 15 is 0 Å². The predicted octanol–water partition coefficient (Wildman–Crippen LogP) is 6.79. The molecule has 1 N–H and O–H groups in total. The lowest BCUT2D eigenvalue weighted by Crippen LogP contribution is -2.54. The number of carbonyl (C=O) groups is 2. The minimum Gasteiger partial charge on any atom is -0.497 e. The highest BCUT2D eigenvalue weighted by Gasteiger charge is 2.32. The van der Waals surface area contributed by atoms with Crippen molar-refractivity contribution in [3.8, 4) is 5.75 Å². The topological polar surface area (TPSA) is 58.6 Å². The van der Waals surface area contributed by atoms with E-state index in [0.29, 0.717) is 27.8 Å². The number of nitrogens with one attached hydrogen (secondary N) is 1. The second kappa shape index (κ2) is 13.9. The van der Waals surface area contributed by atoms with Crippen molar-refractivity contribution in [2.45, 2.75) is 51.1 Å². The Morgan fingerprint density at radius 3 is 2.13 bits per heavy atom. The Hall–Kier alpha value is -2.67. The molecule has 0 aromatic heterocycles. The van der Waals surface area contributed by atoms with E-state index in [4.69, 9.17) is 27.9 Å². The van der Waals surface area contributed by atoms with E-state index in [0.717, 1.165) is 16.9 Å². The zero-order valence-electron chi connectivity index (χ0n) is 22.2. The van der Waals surface area contributed by atoms with Crippen molar-refractivity contribution in [2.24, 2.45) is 0 Å². The van der Waals surface area contributed by atoms with Crippen LogP contribution in [0.2, 0.25) is 10.0 Å². The summed E-state index contributed by atoms with van der Waals surface area (Å²) in [5.41, 5.74) is 2.18. The molecule has 3 aromatic carbocycles. The molecule has 8 heteroatoms. The second-order valence-corrected chi connectivity index (χ2v) is 11.8. The van der Waals surface area contributed by atoms with Crippen molar-refractivity contribution in [3.05, 3.63) is 99.5 Å². The van der Waals surface area contributed by atoms with Crippen molar-refractivity contribution in [2.75, 3.05) is 12.9 Å². The monoisotopic (exact) mass is 572 g/mol. The van der Waals surface area contributed by atoms with Crippen LogP contribution in [0.3, 0.4) is 0 Å². The van der Waals surface area contributed by atoms with Crippen LogP contribution in [-0.2, 0) is 28.3 Å². The molecule has 38 heavy (non-hydrogen) atoms. The van der Waals surface area contributed by atoms with Gasteiger partial charge in [0.25, 0.3) is 0 Å². The molecule has 0 fully saturated rings. The third-order valence-electron chi connectivity index (χ3n) is 5.81. The molecule has 1 atom stereocenters. The van der Waals surface area contributed by atoms with Gasteiger partial charge in [-0.15, -0.1) is 11.8 Å². The first kappa shape index (κ1) is 29.9.